The van der Waals surface area contributed by atoms with Crippen LogP contribution in [0.3, 0.4) is 0 Å². The second-order valence-electron chi connectivity index (χ2n) is 6.04. The molecule has 0 atom stereocenters. The number of furan rings is 1. The molecule has 3 rings (SSSR count). The Morgan fingerprint density at radius 1 is 1.40 bits per heavy atom. The lowest BCUT2D eigenvalue weighted by Gasteiger charge is -2.36. The lowest BCUT2D eigenvalue weighted by atomic mass is 9.96. The number of ether oxygens (including phenoxy) is 2. The van der Waals surface area contributed by atoms with E-state index in [4.69, 9.17) is 19.0 Å². The van der Waals surface area contributed by atoms with E-state index in [2.05, 4.69) is 5.32 Å². The molecule has 2 heterocycles. The van der Waals surface area contributed by atoms with Crippen molar-refractivity contribution in [2.75, 3.05) is 38.4 Å². The van der Waals surface area contributed by atoms with Crippen molar-refractivity contribution in [3.8, 4) is 5.75 Å². The van der Waals surface area contributed by atoms with Gasteiger partial charge >= 0.3 is 0 Å². The second kappa shape index (κ2) is 8.12. The fourth-order valence-electron chi connectivity index (χ4n) is 3.02. The molecule has 0 radical (unpaired) electrons. The number of carbonyl (C=O) groups is 1. The minimum absolute atomic E-state index is 0.0216. The molecule has 1 fully saturated rings. The van der Waals surface area contributed by atoms with Gasteiger partial charge in [0, 0.05) is 11.9 Å². The molecule has 25 heavy (non-hydrogen) atoms. The first-order valence-corrected chi connectivity index (χ1v) is 9.50. The number of carbonyl (C=O) groups excluding carboxylic acids is 1. The van der Waals surface area contributed by atoms with Crippen LogP contribution < -0.4 is 10.1 Å². The maximum atomic E-state index is 12.5. The van der Waals surface area contributed by atoms with E-state index < -0.39 is 5.60 Å². The molecule has 2 N–H and O–H groups in total. The van der Waals surface area contributed by atoms with Crippen LogP contribution in [0.5, 0.6) is 5.75 Å². The topological polar surface area (TPSA) is 80.9 Å². The Labute approximate surface area is 150 Å². The number of aliphatic hydroxyl groups excluding tert-OH is 1. The van der Waals surface area contributed by atoms with E-state index in [0.717, 1.165) is 29.7 Å². The Bertz CT molecular complexity index is 723. The molecule has 6 nitrogen and oxygen atoms in total. The number of amides is 1. The molecular weight excluding hydrogens is 342 g/mol. The third-order valence-electron chi connectivity index (χ3n) is 4.43. The van der Waals surface area contributed by atoms with Crippen molar-refractivity contribution in [3.05, 3.63) is 30.0 Å². The maximum absolute atomic E-state index is 12.5. The van der Waals surface area contributed by atoms with Crippen LogP contribution in [0.25, 0.3) is 11.0 Å². The average molecular weight is 365 g/mol. The molecule has 1 aromatic heterocycles. The Morgan fingerprint density at radius 3 is 2.92 bits per heavy atom. The number of nitrogens with one attached hydrogen (secondary N) is 1. The zero-order valence-corrected chi connectivity index (χ0v) is 15.1. The average Bonchev–Trinajstić information content (AvgIpc) is 3.10. The molecule has 0 bridgehead atoms. The summed E-state index contributed by atoms with van der Waals surface area (Å²) in [5.74, 6) is 2.56. The van der Waals surface area contributed by atoms with Crippen LogP contribution in [0.2, 0.25) is 0 Å². The highest BCUT2D eigenvalue weighted by Crippen LogP contribution is 2.31. The molecular formula is C18H23NO5S. The number of hydrogen-bond donors (Lipinski definition) is 2. The van der Waals surface area contributed by atoms with Crippen molar-refractivity contribution in [1.82, 2.24) is 5.32 Å². The van der Waals surface area contributed by atoms with E-state index in [1.165, 1.54) is 0 Å². The zero-order valence-electron chi connectivity index (χ0n) is 14.2. The van der Waals surface area contributed by atoms with Crippen LogP contribution in [0.1, 0.15) is 23.4 Å². The summed E-state index contributed by atoms with van der Waals surface area (Å²) in [7, 11) is 1.57. The van der Waals surface area contributed by atoms with Gasteiger partial charge in [-0.15, -0.1) is 0 Å². The number of methoxy groups -OCH3 is 1. The predicted octanol–water partition coefficient (Wildman–Crippen LogP) is 2.45. The SMILES string of the molecule is COc1cccc2cc(C(=O)NCC3(OCCO)CCSCC3)oc12. The second-order valence-corrected chi connectivity index (χ2v) is 7.26. The van der Waals surface area contributed by atoms with Crippen LogP contribution in [0, 0.1) is 0 Å². The molecule has 1 amide bonds. The number of rotatable bonds is 7. The summed E-state index contributed by atoms with van der Waals surface area (Å²) in [6.07, 6.45) is 1.71. The van der Waals surface area contributed by atoms with Crippen molar-refractivity contribution >= 4 is 28.6 Å². The number of para-hydroxylation sites is 1. The molecule has 1 aliphatic rings. The minimum atomic E-state index is -0.409. The summed E-state index contributed by atoms with van der Waals surface area (Å²) < 4.78 is 16.8. The van der Waals surface area contributed by atoms with Gasteiger partial charge in [-0.1, -0.05) is 12.1 Å². The fraction of sp³-hybridized carbons (Fsp3) is 0.500. The molecule has 0 spiro atoms. The van der Waals surface area contributed by atoms with Gasteiger partial charge in [-0.05, 0) is 36.5 Å². The Hall–Kier alpha value is -1.70. The normalized spacial score (nSPS) is 16.7. The van der Waals surface area contributed by atoms with Crippen molar-refractivity contribution in [3.63, 3.8) is 0 Å². The largest absolute Gasteiger partial charge is 0.493 e. The van der Waals surface area contributed by atoms with Gasteiger partial charge in [-0.25, -0.2) is 0 Å². The number of benzene rings is 1. The molecule has 7 heteroatoms. The Morgan fingerprint density at radius 2 is 2.20 bits per heavy atom. The number of thioether (sulfide) groups is 1. The lowest BCUT2D eigenvalue weighted by molar-refractivity contribution is -0.0609. The molecule has 1 aromatic carbocycles. The number of fused-ring (bicyclic) bond motifs is 1. The predicted molar refractivity (Wildman–Crippen MR) is 97.4 cm³/mol. The molecule has 2 aromatic rings. The highest BCUT2D eigenvalue weighted by Gasteiger charge is 2.34. The van der Waals surface area contributed by atoms with Crippen molar-refractivity contribution in [2.24, 2.45) is 0 Å². The molecule has 0 saturated carbocycles. The Kier molecular flexibility index (Phi) is 5.88. The van der Waals surface area contributed by atoms with E-state index in [9.17, 15) is 4.79 Å². The standard InChI is InChI=1S/C18H23NO5S/c1-22-14-4-2-3-13-11-15(24-16(13)14)17(21)19-12-18(23-8-7-20)5-9-25-10-6-18/h2-4,11,20H,5-10,12H2,1H3,(H,19,21). The number of hydrogen-bond acceptors (Lipinski definition) is 6. The van der Waals surface area contributed by atoms with E-state index in [1.54, 1.807) is 19.2 Å². The van der Waals surface area contributed by atoms with Crippen molar-refractivity contribution < 1.29 is 23.8 Å². The quantitative estimate of drug-likeness (QED) is 0.784. The van der Waals surface area contributed by atoms with Crippen LogP contribution in [0.4, 0.5) is 0 Å². The van der Waals surface area contributed by atoms with Gasteiger partial charge in [0.25, 0.3) is 5.91 Å². The van der Waals surface area contributed by atoms with Gasteiger partial charge in [0.2, 0.25) is 0 Å². The van der Waals surface area contributed by atoms with Gasteiger partial charge in [0.05, 0.1) is 25.9 Å². The summed E-state index contributed by atoms with van der Waals surface area (Å²) in [5.41, 5.74) is 0.156. The van der Waals surface area contributed by atoms with Crippen LogP contribution in [0.15, 0.2) is 28.7 Å². The smallest absolute Gasteiger partial charge is 0.287 e. The van der Waals surface area contributed by atoms with E-state index in [-0.39, 0.29) is 24.9 Å². The first-order chi connectivity index (χ1) is 12.2. The van der Waals surface area contributed by atoms with Crippen LogP contribution in [-0.4, -0.2) is 55.0 Å². The third kappa shape index (κ3) is 4.11. The summed E-state index contributed by atoms with van der Waals surface area (Å²) in [6, 6.07) is 7.24. The van der Waals surface area contributed by atoms with Gasteiger partial charge in [-0.2, -0.15) is 11.8 Å². The van der Waals surface area contributed by atoms with Crippen molar-refractivity contribution in [2.45, 2.75) is 18.4 Å². The molecule has 0 aliphatic carbocycles. The van der Waals surface area contributed by atoms with Crippen LogP contribution in [-0.2, 0) is 4.74 Å². The van der Waals surface area contributed by atoms with Gasteiger partial charge in [0.15, 0.2) is 17.1 Å². The lowest BCUT2D eigenvalue weighted by Crippen LogP contribution is -2.48. The summed E-state index contributed by atoms with van der Waals surface area (Å²) in [6.45, 7) is 0.662. The summed E-state index contributed by atoms with van der Waals surface area (Å²) in [4.78, 5) is 12.5. The zero-order chi connectivity index (χ0) is 17.7. The van der Waals surface area contributed by atoms with Gasteiger partial charge in [0.1, 0.15) is 0 Å². The van der Waals surface area contributed by atoms with E-state index >= 15 is 0 Å². The molecule has 1 aliphatic heterocycles. The first kappa shape index (κ1) is 18.1. The molecule has 136 valence electrons. The molecule has 0 unspecified atom stereocenters. The number of aliphatic hydroxyl groups is 1. The highest BCUT2D eigenvalue weighted by atomic mass is 32.2. The summed E-state index contributed by atoms with van der Waals surface area (Å²) >= 11 is 1.88. The minimum Gasteiger partial charge on any atom is -0.493 e. The first-order valence-electron chi connectivity index (χ1n) is 8.35. The fourth-order valence-corrected chi connectivity index (χ4v) is 4.25. The monoisotopic (exact) mass is 365 g/mol. The van der Waals surface area contributed by atoms with E-state index in [0.29, 0.717) is 17.9 Å². The van der Waals surface area contributed by atoms with Crippen molar-refractivity contribution in [1.29, 1.82) is 0 Å². The highest BCUT2D eigenvalue weighted by molar-refractivity contribution is 7.99. The third-order valence-corrected chi connectivity index (χ3v) is 5.41. The molecule has 1 saturated heterocycles. The van der Waals surface area contributed by atoms with E-state index in [1.807, 2.05) is 23.9 Å². The van der Waals surface area contributed by atoms with Crippen LogP contribution >= 0.6 is 11.8 Å². The maximum Gasteiger partial charge on any atom is 0.287 e. The summed E-state index contributed by atoms with van der Waals surface area (Å²) in [5, 5.41) is 12.8. The Balaban J connectivity index is 1.70. The van der Waals surface area contributed by atoms with Gasteiger partial charge in [-0.3, -0.25) is 4.79 Å². The van der Waals surface area contributed by atoms with Gasteiger partial charge < -0.3 is 24.3 Å².